The molecule has 0 saturated carbocycles. The molecule has 1 aromatic rings. The lowest BCUT2D eigenvalue weighted by Crippen LogP contribution is -2.35. The normalized spacial score (nSPS) is 12.2. The van der Waals surface area contributed by atoms with Gasteiger partial charge in [-0.25, -0.2) is 0 Å². The van der Waals surface area contributed by atoms with Gasteiger partial charge in [-0.3, -0.25) is 4.79 Å². The second-order valence-electron chi connectivity index (χ2n) is 4.80. The number of carbonyl (C=O) groups is 1. The fourth-order valence-electron chi connectivity index (χ4n) is 1.72. The summed E-state index contributed by atoms with van der Waals surface area (Å²) in [6, 6.07) is 6.61. The van der Waals surface area contributed by atoms with E-state index in [9.17, 15) is 4.79 Å². The van der Waals surface area contributed by atoms with Crippen LogP contribution >= 0.6 is 0 Å². The highest BCUT2D eigenvalue weighted by molar-refractivity contribution is 5.77. The summed E-state index contributed by atoms with van der Waals surface area (Å²) in [5, 5.41) is 6.10. The third kappa shape index (κ3) is 4.49. The molecule has 0 bridgehead atoms. The fourth-order valence-corrected chi connectivity index (χ4v) is 1.72. The Hall–Kier alpha value is -1.35. The summed E-state index contributed by atoms with van der Waals surface area (Å²) in [7, 11) is 0. The molecule has 3 heteroatoms. The molecule has 1 atom stereocenters. The molecule has 0 aliphatic carbocycles. The minimum atomic E-state index is 0.0625. The van der Waals surface area contributed by atoms with Crippen LogP contribution in [0.5, 0.6) is 0 Å². The van der Waals surface area contributed by atoms with E-state index in [0.717, 1.165) is 13.0 Å². The molecular formula is C15H24N2O. The summed E-state index contributed by atoms with van der Waals surface area (Å²) < 4.78 is 0. The van der Waals surface area contributed by atoms with E-state index in [2.05, 4.69) is 49.6 Å². The smallest absolute Gasteiger partial charge is 0.233 e. The Labute approximate surface area is 110 Å². The SMILES string of the molecule is CCCNC(=O)CNC(C)c1ccc(C)c(C)c1. The highest BCUT2D eigenvalue weighted by Gasteiger charge is 2.07. The quantitative estimate of drug-likeness (QED) is 0.812. The molecule has 1 rings (SSSR count). The van der Waals surface area contributed by atoms with Crippen molar-refractivity contribution in [2.75, 3.05) is 13.1 Å². The van der Waals surface area contributed by atoms with Gasteiger partial charge in [0.15, 0.2) is 0 Å². The molecule has 0 aliphatic rings. The molecule has 1 unspecified atom stereocenters. The molecule has 1 amide bonds. The van der Waals surface area contributed by atoms with Gasteiger partial charge in [0.25, 0.3) is 0 Å². The predicted octanol–water partition coefficient (Wildman–Crippen LogP) is 2.48. The fraction of sp³-hybridized carbons (Fsp3) is 0.533. The monoisotopic (exact) mass is 248 g/mol. The average molecular weight is 248 g/mol. The Bertz CT molecular complexity index is 401. The molecule has 0 heterocycles. The van der Waals surface area contributed by atoms with E-state index >= 15 is 0 Å². The minimum Gasteiger partial charge on any atom is -0.355 e. The standard InChI is InChI=1S/C15H24N2O/c1-5-8-16-15(18)10-17-13(4)14-7-6-11(2)12(3)9-14/h6-7,9,13,17H,5,8,10H2,1-4H3,(H,16,18). The number of carbonyl (C=O) groups excluding carboxylic acids is 1. The van der Waals surface area contributed by atoms with Gasteiger partial charge in [-0.2, -0.15) is 0 Å². The molecule has 0 radical (unpaired) electrons. The van der Waals surface area contributed by atoms with E-state index in [4.69, 9.17) is 0 Å². The van der Waals surface area contributed by atoms with E-state index in [-0.39, 0.29) is 11.9 Å². The van der Waals surface area contributed by atoms with Crippen LogP contribution in [0.3, 0.4) is 0 Å². The molecule has 0 fully saturated rings. The second kappa shape index (κ2) is 7.17. The zero-order chi connectivity index (χ0) is 13.5. The van der Waals surface area contributed by atoms with Crippen molar-refractivity contribution in [1.82, 2.24) is 10.6 Å². The Morgan fingerprint density at radius 2 is 2.00 bits per heavy atom. The van der Waals surface area contributed by atoms with Gasteiger partial charge in [-0.15, -0.1) is 0 Å². The number of hydrogen-bond acceptors (Lipinski definition) is 2. The van der Waals surface area contributed by atoms with Crippen LogP contribution in [-0.2, 0) is 4.79 Å². The summed E-state index contributed by atoms with van der Waals surface area (Å²) in [6.45, 7) is 9.46. The predicted molar refractivity (Wildman–Crippen MR) is 75.6 cm³/mol. The van der Waals surface area contributed by atoms with Crippen molar-refractivity contribution >= 4 is 5.91 Å². The number of benzene rings is 1. The van der Waals surface area contributed by atoms with Gasteiger partial charge in [0.05, 0.1) is 6.54 Å². The molecule has 1 aromatic carbocycles. The second-order valence-corrected chi connectivity index (χ2v) is 4.80. The van der Waals surface area contributed by atoms with Crippen LogP contribution < -0.4 is 10.6 Å². The minimum absolute atomic E-state index is 0.0625. The van der Waals surface area contributed by atoms with Crippen molar-refractivity contribution in [3.8, 4) is 0 Å². The molecule has 0 saturated heterocycles. The van der Waals surface area contributed by atoms with Gasteiger partial charge in [-0.1, -0.05) is 25.1 Å². The van der Waals surface area contributed by atoms with Gasteiger partial charge in [0.2, 0.25) is 5.91 Å². The van der Waals surface area contributed by atoms with Crippen molar-refractivity contribution in [2.24, 2.45) is 0 Å². The zero-order valence-corrected chi connectivity index (χ0v) is 11.8. The number of nitrogens with one attached hydrogen (secondary N) is 2. The van der Waals surface area contributed by atoms with E-state index < -0.39 is 0 Å². The maximum atomic E-state index is 11.5. The van der Waals surface area contributed by atoms with E-state index in [1.165, 1.54) is 16.7 Å². The largest absolute Gasteiger partial charge is 0.355 e. The molecule has 100 valence electrons. The van der Waals surface area contributed by atoms with Crippen molar-refractivity contribution in [3.05, 3.63) is 34.9 Å². The number of aryl methyl sites for hydroxylation is 2. The van der Waals surface area contributed by atoms with Crippen molar-refractivity contribution < 1.29 is 4.79 Å². The molecule has 2 N–H and O–H groups in total. The first-order valence-corrected chi connectivity index (χ1v) is 6.61. The third-order valence-electron chi connectivity index (χ3n) is 3.17. The lowest BCUT2D eigenvalue weighted by molar-refractivity contribution is -0.120. The van der Waals surface area contributed by atoms with Crippen LogP contribution in [0.2, 0.25) is 0 Å². The van der Waals surface area contributed by atoms with Gasteiger partial charge >= 0.3 is 0 Å². The number of hydrogen-bond donors (Lipinski definition) is 2. The van der Waals surface area contributed by atoms with Crippen LogP contribution in [-0.4, -0.2) is 19.0 Å². The van der Waals surface area contributed by atoms with Crippen LogP contribution in [0.1, 0.15) is 43.0 Å². The van der Waals surface area contributed by atoms with E-state index in [1.54, 1.807) is 0 Å². The van der Waals surface area contributed by atoms with Gasteiger partial charge < -0.3 is 10.6 Å². The lowest BCUT2D eigenvalue weighted by Gasteiger charge is -2.15. The molecule has 0 spiro atoms. The third-order valence-corrected chi connectivity index (χ3v) is 3.17. The van der Waals surface area contributed by atoms with Gasteiger partial charge in [0.1, 0.15) is 0 Å². The van der Waals surface area contributed by atoms with Crippen LogP contribution in [0.25, 0.3) is 0 Å². The zero-order valence-electron chi connectivity index (χ0n) is 11.8. The maximum Gasteiger partial charge on any atom is 0.233 e. The van der Waals surface area contributed by atoms with Crippen LogP contribution in [0.4, 0.5) is 0 Å². The summed E-state index contributed by atoms with van der Waals surface area (Å²) in [4.78, 5) is 11.5. The Kier molecular flexibility index (Phi) is 5.86. The molecule has 3 nitrogen and oxygen atoms in total. The summed E-state index contributed by atoms with van der Waals surface area (Å²) in [6.07, 6.45) is 0.971. The van der Waals surface area contributed by atoms with Gasteiger partial charge in [-0.05, 0) is 43.9 Å². The van der Waals surface area contributed by atoms with Crippen LogP contribution in [0, 0.1) is 13.8 Å². The number of rotatable bonds is 6. The summed E-state index contributed by atoms with van der Waals surface area (Å²) >= 11 is 0. The van der Waals surface area contributed by atoms with Gasteiger partial charge in [0, 0.05) is 12.6 Å². The van der Waals surface area contributed by atoms with Crippen molar-refractivity contribution in [3.63, 3.8) is 0 Å². The molecule has 0 aliphatic heterocycles. The Balaban J connectivity index is 2.47. The first-order chi connectivity index (χ1) is 8.54. The summed E-state index contributed by atoms with van der Waals surface area (Å²) in [5.74, 6) is 0.0625. The highest BCUT2D eigenvalue weighted by atomic mass is 16.1. The lowest BCUT2D eigenvalue weighted by atomic mass is 10.0. The number of amides is 1. The molecule has 18 heavy (non-hydrogen) atoms. The summed E-state index contributed by atoms with van der Waals surface area (Å²) in [5.41, 5.74) is 3.81. The van der Waals surface area contributed by atoms with Crippen LogP contribution in [0.15, 0.2) is 18.2 Å². The first-order valence-electron chi connectivity index (χ1n) is 6.61. The maximum absolute atomic E-state index is 11.5. The Morgan fingerprint density at radius 3 is 2.61 bits per heavy atom. The molecular weight excluding hydrogens is 224 g/mol. The Morgan fingerprint density at radius 1 is 1.28 bits per heavy atom. The van der Waals surface area contributed by atoms with E-state index in [0.29, 0.717) is 6.54 Å². The van der Waals surface area contributed by atoms with Crippen molar-refractivity contribution in [1.29, 1.82) is 0 Å². The topological polar surface area (TPSA) is 41.1 Å². The van der Waals surface area contributed by atoms with Crippen molar-refractivity contribution in [2.45, 2.75) is 40.2 Å². The molecule has 0 aromatic heterocycles. The highest BCUT2D eigenvalue weighted by Crippen LogP contribution is 2.16. The first kappa shape index (κ1) is 14.7. The van der Waals surface area contributed by atoms with E-state index in [1.807, 2.05) is 6.92 Å². The average Bonchev–Trinajstić information content (AvgIpc) is 2.36.